The molecule has 0 saturated heterocycles. The lowest BCUT2D eigenvalue weighted by Crippen LogP contribution is -2.36. The van der Waals surface area contributed by atoms with E-state index in [1.807, 2.05) is 41.9 Å². The lowest BCUT2D eigenvalue weighted by molar-refractivity contribution is 0.244. The summed E-state index contributed by atoms with van der Waals surface area (Å²) in [6, 6.07) is 13.9. The second-order valence-corrected chi connectivity index (χ2v) is 7.03. The van der Waals surface area contributed by atoms with E-state index in [-0.39, 0.29) is 12.1 Å². The van der Waals surface area contributed by atoms with Gasteiger partial charge in [0, 0.05) is 11.6 Å². The van der Waals surface area contributed by atoms with E-state index in [0.29, 0.717) is 28.0 Å². The average Bonchev–Trinajstić information content (AvgIpc) is 3.06. The van der Waals surface area contributed by atoms with Crippen molar-refractivity contribution in [3.05, 3.63) is 65.2 Å². The molecule has 0 aliphatic carbocycles. The Kier molecular flexibility index (Phi) is 5.16. The van der Waals surface area contributed by atoms with E-state index in [1.165, 1.54) is 0 Å². The highest BCUT2D eigenvalue weighted by atomic mass is 35.5. The van der Waals surface area contributed by atoms with Gasteiger partial charge in [0.2, 0.25) is 0 Å². The molecule has 0 spiro atoms. The summed E-state index contributed by atoms with van der Waals surface area (Å²) < 4.78 is 7.74. The van der Waals surface area contributed by atoms with Crippen LogP contribution in [0.3, 0.4) is 0 Å². The van der Waals surface area contributed by atoms with E-state index < -0.39 is 0 Å². The second-order valence-electron chi connectivity index (χ2n) is 6.59. The van der Waals surface area contributed by atoms with E-state index in [1.54, 1.807) is 18.2 Å². The number of amides is 2. The van der Waals surface area contributed by atoms with E-state index in [9.17, 15) is 4.79 Å². The average molecular weight is 398 g/mol. The van der Waals surface area contributed by atoms with Crippen molar-refractivity contribution >= 4 is 23.3 Å². The van der Waals surface area contributed by atoms with Gasteiger partial charge in [-0.1, -0.05) is 29.8 Å². The number of nitrogens with zero attached hydrogens (tertiary/aromatic N) is 3. The largest absolute Gasteiger partial charge is 0.455 e. The third-order valence-electron chi connectivity index (χ3n) is 4.45. The molecule has 2 heterocycles. The molecule has 0 fully saturated rings. The standard InChI is InChI=1S/C20H20ClN5O2/c1-13-22-19-16(8-5-11-26(19)25-13)23-20(27)24-17-12-14(21)9-10-18(17)28-15-6-3-2-4-7-15/h2-4,6-7,9-10,12,16H,5,8,11H2,1H3,(H2,23,24,27). The molecule has 0 saturated carbocycles. The molecule has 2 N–H and O–H groups in total. The Hall–Kier alpha value is -3.06. The minimum atomic E-state index is -0.348. The topological polar surface area (TPSA) is 81.1 Å². The number of halogens is 1. The maximum absolute atomic E-state index is 12.6. The fourth-order valence-corrected chi connectivity index (χ4v) is 3.40. The molecule has 2 amide bonds. The number of carbonyl (C=O) groups is 1. The smallest absolute Gasteiger partial charge is 0.319 e. The molecule has 3 aromatic rings. The molecule has 0 radical (unpaired) electrons. The van der Waals surface area contributed by atoms with Crippen molar-refractivity contribution in [2.45, 2.75) is 32.4 Å². The van der Waals surface area contributed by atoms with Gasteiger partial charge in [-0.2, -0.15) is 5.10 Å². The summed E-state index contributed by atoms with van der Waals surface area (Å²) in [5.74, 6) is 2.67. The number of nitrogens with one attached hydrogen (secondary N) is 2. The van der Waals surface area contributed by atoms with Crippen LogP contribution in [0.5, 0.6) is 11.5 Å². The third kappa shape index (κ3) is 4.09. The Bertz CT molecular complexity index is 990. The number of aryl methyl sites for hydroxylation is 2. The van der Waals surface area contributed by atoms with Gasteiger partial charge in [0.1, 0.15) is 17.4 Å². The molecule has 1 aliphatic rings. The summed E-state index contributed by atoms with van der Waals surface area (Å²) in [7, 11) is 0. The minimum absolute atomic E-state index is 0.187. The molecule has 2 aromatic carbocycles. The van der Waals surface area contributed by atoms with E-state index in [4.69, 9.17) is 16.3 Å². The molecule has 7 nitrogen and oxygen atoms in total. The number of hydrogen-bond donors (Lipinski definition) is 2. The fraction of sp³-hybridized carbons (Fsp3) is 0.250. The van der Waals surface area contributed by atoms with Crippen LogP contribution >= 0.6 is 11.6 Å². The normalized spacial score (nSPS) is 15.6. The van der Waals surface area contributed by atoms with Crippen molar-refractivity contribution in [2.24, 2.45) is 0 Å². The van der Waals surface area contributed by atoms with Gasteiger partial charge in [-0.25, -0.2) is 14.5 Å². The second kappa shape index (κ2) is 7.90. The van der Waals surface area contributed by atoms with Crippen LogP contribution in [-0.2, 0) is 6.54 Å². The molecule has 1 aromatic heterocycles. The van der Waals surface area contributed by atoms with Gasteiger partial charge in [-0.05, 0) is 50.1 Å². The molecular formula is C20H20ClN5O2. The number of carbonyl (C=O) groups excluding carboxylic acids is 1. The van der Waals surface area contributed by atoms with Crippen molar-refractivity contribution in [2.75, 3.05) is 5.32 Å². The summed E-state index contributed by atoms with van der Waals surface area (Å²) >= 11 is 6.12. The van der Waals surface area contributed by atoms with E-state index in [0.717, 1.165) is 25.2 Å². The lowest BCUT2D eigenvalue weighted by atomic mass is 10.1. The minimum Gasteiger partial charge on any atom is -0.455 e. The van der Waals surface area contributed by atoms with Crippen molar-refractivity contribution in [1.29, 1.82) is 0 Å². The molecule has 144 valence electrons. The first-order chi connectivity index (χ1) is 13.6. The number of anilines is 1. The van der Waals surface area contributed by atoms with Crippen LogP contribution in [0.15, 0.2) is 48.5 Å². The Morgan fingerprint density at radius 2 is 2.07 bits per heavy atom. The monoisotopic (exact) mass is 397 g/mol. The SMILES string of the molecule is Cc1nc2n(n1)CCCC2NC(=O)Nc1cc(Cl)ccc1Oc1ccccc1. The molecule has 28 heavy (non-hydrogen) atoms. The Morgan fingerprint density at radius 3 is 2.89 bits per heavy atom. The molecule has 4 rings (SSSR count). The summed E-state index contributed by atoms with van der Waals surface area (Å²) in [5, 5.41) is 10.7. The van der Waals surface area contributed by atoms with Crippen molar-refractivity contribution in [3.8, 4) is 11.5 Å². The first-order valence-corrected chi connectivity index (χ1v) is 9.47. The Labute approximate surface area is 167 Å². The fourth-order valence-electron chi connectivity index (χ4n) is 3.23. The van der Waals surface area contributed by atoms with Gasteiger partial charge < -0.3 is 15.4 Å². The molecule has 0 bridgehead atoms. The highest BCUT2D eigenvalue weighted by Gasteiger charge is 2.25. The van der Waals surface area contributed by atoms with Gasteiger partial charge in [-0.3, -0.25) is 0 Å². The van der Waals surface area contributed by atoms with Gasteiger partial charge in [0.05, 0.1) is 11.7 Å². The van der Waals surface area contributed by atoms with Crippen LogP contribution in [-0.4, -0.2) is 20.8 Å². The number of urea groups is 1. The van der Waals surface area contributed by atoms with Crippen LogP contribution < -0.4 is 15.4 Å². The van der Waals surface area contributed by atoms with Gasteiger partial charge in [0.15, 0.2) is 5.75 Å². The highest BCUT2D eigenvalue weighted by molar-refractivity contribution is 6.31. The van der Waals surface area contributed by atoms with Crippen molar-refractivity contribution in [1.82, 2.24) is 20.1 Å². The zero-order valence-electron chi connectivity index (χ0n) is 15.4. The number of hydrogen-bond acceptors (Lipinski definition) is 4. The quantitative estimate of drug-likeness (QED) is 0.669. The van der Waals surface area contributed by atoms with Crippen molar-refractivity contribution < 1.29 is 9.53 Å². The van der Waals surface area contributed by atoms with Gasteiger partial charge in [-0.15, -0.1) is 0 Å². The van der Waals surface area contributed by atoms with Crippen LogP contribution in [0.1, 0.15) is 30.5 Å². The Balaban J connectivity index is 1.49. The van der Waals surface area contributed by atoms with Gasteiger partial charge in [0.25, 0.3) is 0 Å². The number of rotatable bonds is 4. The zero-order chi connectivity index (χ0) is 19.5. The predicted molar refractivity (Wildman–Crippen MR) is 107 cm³/mol. The molecule has 8 heteroatoms. The van der Waals surface area contributed by atoms with Crippen LogP contribution in [0.4, 0.5) is 10.5 Å². The summed E-state index contributed by atoms with van der Waals surface area (Å²) in [6.07, 6.45) is 1.74. The summed E-state index contributed by atoms with van der Waals surface area (Å²) in [6.45, 7) is 2.67. The first-order valence-electron chi connectivity index (χ1n) is 9.10. The first kappa shape index (κ1) is 18.3. The maximum Gasteiger partial charge on any atom is 0.319 e. The lowest BCUT2D eigenvalue weighted by Gasteiger charge is -2.23. The van der Waals surface area contributed by atoms with Crippen LogP contribution in [0.25, 0.3) is 0 Å². The number of para-hydroxylation sites is 1. The predicted octanol–water partition coefficient (Wildman–Crippen LogP) is 4.69. The molecular weight excluding hydrogens is 378 g/mol. The number of fused-ring (bicyclic) bond motifs is 1. The number of aromatic nitrogens is 3. The summed E-state index contributed by atoms with van der Waals surface area (Å²) in [4.78, 5) is 17.1. The van der Waals surface area contributed by atoms with Crippen LogP contribution in [0.2, 0.25) is 5.02 Å². The number of benzene rings is 2. The van der Waals surface area contributed by atoms with E-state index in [2.05, 4.69) is 20.7 Å². The molecule has 1 atom stereocenters. The van der Waals surface area contributed by atoms with E-state index >= 15 is 0 Å². The molecule has 1 aliphatic heterocycles. The Morgan fingerprint density at radius 1 is 1.25 bits per heavy atom. The third-order valence-corrected chi connectivity index (χ3v) is 4.68. The molecule has 1 unspecified atom stereocenters. The van der Waals surface area contributed by atoms with Crippen molar-refractivity contribution in [3.63, 3.8) is 0 Å². The number of ether oxygens (including phenoxy) is 1. The van der Waals surface area contributed by atoms with Crippen LogP contribution in [0, 0.1) is 6.92 Å². The zero-order valence-corrected chi connectivity index (χ0v) is 16.1. The van der Waals surface area contributed by atoms with Gasteiger partial charge >= 0.3 is 6.03 Å². The highest BCUT2D eigenvalue weighted by Crippen LogP contribution is 2.32. The summed E-state index contributed by atoms with van der Waals surface area (Å²) in [5.41, 5.74) is 0.488. The maximum atomic E-state index is 12.6.